The SMILES string of the molecule is CCOc1ccc(NS(=O)(=O)c2ccc(CCC(=O)[O-])cc2)cc1. The Hall–Kier alpha value is -2.54. The number of anilines is 1. The highest BCUT2D eigenvalue weighted by Crippen LogP contribution is 2.20. The van der Waals surface area contributed by atoms with Crippen molar-refractivity contribution in [2.75, 3.05) is 11.3 Å². The fourth-order valence-electron chi connectivity index (χ4n) is 2.08. The summed E-state index contributed by atoms with van der Waals surface area (Å²) in [4.78, 5) is 10.5. The molecule has 0 aromatic heterocycles. The van der Waals surface area contributed by atoms with Crippen molar-refractivity contribution in [2.24, 2.45) is 0 Å². The lowest BCUT2D eigenvalue weighted by atomic mass is 10.1. The minimum Gasteiger partial charge on any atom is -0.550 e. The zero-order chi connectivity index (χ0) is 17.6. The molecule has 0 aliphatic carbocycles. The van der Waals surface area contributed by atoms with Gasteiger partial charge < -0.3 is 14.6 Å². The Morgan fingerprint density at radius 2 is 1.71 bits per heavy atom. The zero-order valence-electron chi connectivity index (χ0n) is 13.2. The van der Waals surface area contributed by atoms with Crippen LogP contribution in [-0.4, -0.2) is 21.0 Å². The summed E-state index contributed by atoms with van der Waals surface area (Å²) in [7, 11) is -3.71. The summed E-state index contributed by atoms with van der Waals surface area (Å²) < 4.78 is 32.5. The molecule has 0 heterocycles. The van der Waals surface area contributed by atoms with Gasteiger partial charge in [0.25, 0.3) is 10.0 Å². The number of aliphatic carboxylic acids is 1. The summed E-state index contributed by atoms with van der Waals surface area (Å²) in [6.07, 6.45) is 0.200. The number of nitrogens with one attached hydrogen (secondary N) is 1. The maximum absolute atomic E-state index is 12.3. The average molecular weight is 348 g/mol. The molecule has 1 N–H and O–H groups in total. The number of hydrogen-bond acceptors (Lipinski definition) is 5. The van der Waals surface area contributed by atoms with Crippen LogP contribution in [0.5, 0.6) is 5.75 Å². The molecule has 2 aromatic rings. The van der Waals surface area contributed by atoms with Gasteiger partial charge in [-0.1, -0.05) is 12.1 Å². The molecule has 0 bridgehead atoms. The molecular weight excluding hydrogens is 330 g/mol. The van der Waals surface area contributed by atoms with Crippen LogP contribution in [0.1, 0.15) is 18.9 Å². The highest BCUT2D eigenvalue weighted by atomic mass is 32.2. The molecule has 2 rings (SSSR count). The van der Waals surface area contributed by atoms with E-state index < -0.39 is 16.0 Å². The molecule has 0 fully saturated rings. The van der Waals surface area contributed by atoms with Crippen LogP contribution >= 0.6 is 0 Å². The quantitative estimate of drug-likeness (QED) is 0.781. The second kappa shape index (κ2) is 7.83. The third-order valence-corrected chi connectivity index (χ3v) is 4.67. The van der Waals surface area contributed by atoms with Gasteiger partial charge in [0.15, 0.2) is 0 Å². The summed E-state index contributed by atoms with van der Waals surface area (Å²) in [5.74, 6) is -0.471. The predicted octanol–water partition coefficient (Wildman–Crippen LogP) is 1.57. The van der Waals surface area contributed by atoms with Crippen molar-refractivity contribution in [2.45, 2.75) is 24.7 Å². The van der Waals surface area contributed by atoms with Gasteiger partial charge >= 0.3 is 0 Å². The normalized spacial score (nSPS) is 11.0. The third-order valence-electron chi connectivity index (χ3n) is 3.27. The Bertz CT molecular complexity index is 783. The Morgan fingerprint density at radius 1 is 1.08 bits per heavy atom. The summed E-state index contributed by atoms with van der Waals surface area (Å²) >= 11 is 0. The van der Waals surface area contributed by atoms with E-state index >= 15 is 0 Å². The van der Waals surface area contributed by atoms with Crippen LogP contribution in [0.2, 0.25) is 0 Å². The second-order valence-electron chi connectivity index (χ2n) is 5.08. The van der Waals surface area contributed by atoms with E-state index in [0.29, 0.717) is 24.5 Å². The average Bonchev–Trinajstić information content (AvgIpc) is 2.55. The predicted molar refractivity (Wildman–Crippen MR) is 88.2 cm³/mol. The lowest BCUT2D eigenvalue weighted by Gasteiger charge is -2.10. The van der Waals surface area contributed by atoms with Crippen LogP contribution in [0, 0.1) is 0 Å². The summed E-state index contributed by atoms with van der Waals surface area (Å²) in [5, 5.41) is 10.4. The standard InChI is InChI=1S/C17H19NO5S/c1-2-23-15-8-6-14(7-9-15)18-24(21,22)16-10-3-13(4-11-16)5-12-17(19)20/h3-4,6-11,18H,2,5,12H2,1H3,(H,19,20)/p-1. The number of ether oxygens (including phenoxy) is 1. The van der Waals surface area contributed by atoms with Crippen molar-refractivity contribution < 1.29 is 23.1 Å². The number of carbonyl (C=O) groups excluding carboxylic acids is 1. The molecule has 6 nitrogen and oxygen atoms in total. The summed E-state index contributed by atoms with van der Waals surface area (Å²) in [5.41, 5.74) is 1.17. The Morgan fingerprint density at radius 3 is 2.25 bits per heavy atom. The molecule has 0 aliphatic rings. The van der Waals surface area contributed by atoms with E-state index in [1.807, 2.05) is 6.92 Å². The third kappa shape index (κ3) is 4.99. The minimum absolute atomic E-state index is 0.101. The van der Waals surface area contributed by atoms with Gasteiger partial charge in [0.05, 0.1) is 11.5 Å². The zero-order valence-corrected chi connectivity index (χ0v) is 14.0. The van der Waals surface area contributed by atoms with Gasteiger partial charge in [-0.05, 0) is 61.7 Å². The van der Waals surface area contributed by atoms with E-state index in [-0.39, 0.29) is 11.3 Å². The van der Waals surface area contributed by atoms with E-state index in [1.54, 1.807) is 36.4 Å². The molecule has 0 atom stereocenters. The number of carbonyl (C=O) groups is 1. The van der Waals surface area contributed by atoms with Crippen molar-refractivity contribution in [3.63, 3.8) is 0 Å². The Labute approximate surface area is 141 Å². The first kappa shape index (κ1) is 17.8. The molecule has 0 aliphatic heterocycles. The molecule has 0 saturated heterocycles. The number of sulfonamides is 1. The van der Waals surface area contributed by atoms with Crippen LogP contribution in [0.15, 0.2) is 53.4 Å². The number of hydrogen-bond donors (Lipinski definition) is 1. The molecule has 2 aromatic carbocycles. The first-order chi connectivity index (χ1) is 11.4. The lowest BCUT2D eigenvalue weighted by Crippen LogP contribution is -2.22. The van der Waals surface area contributed by atoms with Gasteiger partial charge in [0.2, 0.25) is 0 Å². The van der Waals surface area contributed by atoms with E-state index in [2.05, 4.69) is 4.72 Å². The summed E-state index contributed by atoms with van der Waals surface area (Å²) in [6, 6.07) is 12.7. The monoisotopic (exact) mass is 348 g/mol. The molecule has 7 heteroatoms. The van der Waals surface area contributed by atoms with Crippen LogP contribution < -0.4 is 14.6 Å². The van der Waals surface area contributed by atoms with Gasteiger partial charge in [-0.15, -0.1) is 0 Å². The fourth-order valence-corrected chi connectivity index (χ4v) is 3.14. The van der Waals surface area contributed by atoms with Gasteiger partial charge in [-0.2, -0.15) is 0 Å². The van der Waals surface area contributed by atoms with Crippen LogP contribution in [0.25, 0.3) is 0 Å². The van der Waals surface area contributed by atoms with E-state index in [9.17, 15) is 18.3 Å². The van der Waals surface area contributed by atoms with Crippen molar-refractivity contribution in [1.29, 1.82) is 0 Å². The topological polar surface area (TPSA) is 95.5 Å². The first-order valence-corrected chi connectivity index (χ1v) is 8.93. The molecule has 24 heavy (non-hydrogen) atoms. The highest BCUT2D eigenvalue weighted by molar-refractivity contribution is 7.92. The Balaban J connectivity index is 2.07. The molecule has 0 unspecified atom stereocenters. The van der Waals surface area contributed by atoms with E-state index in [1.165, 1.54) is 12.1 Å². The molecule has 0 saturated carbocycles. The number of carboxylic acids is 1. The van der Waals surface area contributed by atoms with Crippen molar-refractivity contribution in [3.05, 3.63) is 54.1 Å². The molecular formula is C17H18NO5S-. The maximum atomic E-state index is 12.3. The van der Waals surface area contributed by atoms with Crippen LogP contribution in [-0.2, 0) is 21.2 Å². The van der Waals surface area contributed by atoms with Crippen molar-refractivity contribution in [1.82, 2.24) is 0 Å². The smallest absolute Gasteiger partial charge is 0.261 e. The molecule has 0 radical (unpaired) electrons. The van der Waals surface area contributed by atoms with Gasteiger partial charge in [0.1, 0.15) is 5.75 Å². The largest absolute Gasteiger partial charge is 0.550 e. The summed E-state index contributed by atoms with van der Waals surface area (Å²) in [6.45, 7) is 2.41. The van der Waals surface area contributed by atoms with Crippen LogP contribution in [0.3, 0.4) is 0 Å². The lowest BCUT2D eigenvalue weighted by molar-refractivity contribution is -0.305. The molecule has 0 amide bonds. The van der Waals surface area contributed by atoms with Gasteiger partial charge in [0, 0.05) is 11.7 Å². The van der Waals surface area contributed by atoms with Crippen molar-refractivity contribution in [3.8, 4) is 5.75 Å². The van der Waals surface area contributed by atoms with Gasteiger partial charge in [-0.3, -0.25) is 4.72 Å². The number of aryl methyl sites for hydroxylation is 1. The Kier molecular flexibility index (Phi) is 5.81. The van der Waals surface area contributed by atoms with Crippen LogP contribution in [0.4, 0.5) is 5.69 Å². The minimum atomic E-state index is -3.71. The number of carboxylic acid groups (broad SMARTS) is 1. The highest BCUT2D eigenvalue weighted by Gasteiger charge is 2.14. The molecule has 128 valence electrons. The van der Waals surface area contributed by atoms with E-state index in [4.69, 9.17) is 4.74 Å². The van der Waals surface area contributed by atoms with Crippen molar-refractivity contribution >= 4 is 21.7 Å². The van der Waals surface area contributed by atoms with E-state index in [0.717, 1.165) is 5.56 Å². The maximum Gasteiger partial charge on any atom is 0.261 e. The number of rotatable bonds is 8. The molecule has 0 spiro atoms. The number of benzene rings is 2. The fraction of sp³-hybridized carbons (Fsp3) is 0.235. The first-order valence-electron chi connectivity index (χ1n) is 7.45. The van der Waals surface area contributed by atoms with Gasteiger partial charge in [-0.25, -0.2) is 8.42 Å². The second-order valence-corrected chi connectivity index (χ2v) is 6.76.